The summed E-state index contributed by atoms with van der Waals surface area (Å²) in [6.45, 7) is 3.88. The van der Waals surface area contributed by atoms with E-state index in [4.69, 9.17) is 0 Å². The third-order valence-electron chi connectivity index (χ3n) is 3.33. The predicted octanol–water partition coefficient (Wildman–Crippen LogP) is 2.85. The summed E-state index contributed by atoms with van der Waals surface area (Å²) in [7, 11) is 0. The molecule has 5 heteroatoms. The van der Waals surface area contributed by atoms with E-state index in [0.29, 0.717) is 5.56 Å². The summed E-state index contributed by atoms with van der Waals surface area (Å²) in [6, 6.07) is 8.12. The minimum Gasteiger partial charge on any atom is -0.479 e. The number of hydrogen-bond donors (Lipinski definition) is 2. The van der Waals surface area contributed by atoms with E-state index in [0.717, 1.165) is 16.0 Å². The van der Waals surface area contributed by atoms with Crippen molar-refractivity contribution in [2.45, 2.75) is 26.3 Å². The molecule has 1 heterocycles. The number of carbonyl (C=O) groups excluding carboxylic acids is 1. The van der Waals surface area contributed by atoms with Gasteiger partial charge in [0, 0.05) is 4.88 Å². The molecule has 1 unspecified atom stereocenters. The maximum atomic E-state index is 12.0. The molecular formula is C16H17NO3S. The van der Waals surface area contributed by atoms with Crippen LogP contribution < -0.4 is 5.32 Å². The molecule has 1 aromatic heterocycles. The Labute approximate surface area is 127 Å². The van der Waals surface area contributed by atoms with Crippen molar-refractivity contribution >= 4 is 23.2 Å². The van der Waals surface area contributed by atoms with Gasteiger partial charge in [0.1, 0.15) is 0 Å². The standard InChI is InChI=1S/C16H17NO3S/c1-10-5-6-12(8-11(10)2)15(16(19)20)17-14(18)9-13-4-3-7-21-13/h3-8,15H,9H2,1-2H3,(H,17,18)(H,19,20). The molecule has 0 fully saturated rings. The maximum absolute atomic E-state index is 12.0. The summed E-state index contributed by atoms with van der Waals surface area (Å²) in [5, 5.41) is 13.8. The number of carboxylic acid groups (broad SMARTS) is 1. The van der Waals surface area contributed by atoms with Crippen LogP contribution in [0.2, 0.25) is 0 Å². The molecule has 21 heavy (non-hydrogen) atoms. The fraction of sp³-hybridized carbons (Fsp3) is 0.250. The number of nitrogens with one attached hydrogen (secondary N) is 1. The van der Waals surface area contributed by atoms with E-state index >= 15 is 0 Å². The molecule has 0 aliphatic rings. The second-order valence-electron chi connectivity index (χ2n) is 4.94. The monoisotopic (exact) mass is 303 g/mol. The average molecular weight is 303 g/mol. The molecular weight excluding hydrogens is 286 g/mol. The first-order chi connectivity index (χ1) is 9.97. The van der Waals surface area contributed by atoms with Crippen molar-refractivity contribution in [1.29, 1.82) is 0 Å². The SMILES string of the molecule is Cc1ccc(C(NC(=O)Cc2cccs2)C(=O)O)cc1C. The highest BCUT2D eigenvalue weighted by Crippen LogP contribution is 2.18. The lowest BCUT2D eigenvalue weighted by Gasteiger charge is -2.16. The van der Waals surface area contributed by atoms with Crippen LogP contribution in [0.15, 0.2) is 35.7 Å². The third kappa shape index (κ3) is 3.92. The molecule has 1 amide bonds. The van der Waals surface area contributed by atoms with Gasteiger partial charge in [0.2, 0.25) is 5.91 Å². The number of benzene rings is 1. The Balaban J connectivity index is 2.13. The van der Waals surface area contributed by atoms with Gasteiger partial charge in [-0.15, -0.1) is 11.3 Å². The topological polar surface area (TPSA) is 66.4 Å². The largest absolute Gasteiger partial charge is 0.479 e. The minimum absolute atomic E-state index is 0.201. The van der Waals surface area contributed by atoms with Crippen LogP contribution >= 0.6 is 11.3 Å². The first-order valence-corrected chi connectivity index (χ1v) is 7.47. The van der Waals surface area contributed by atoms with Crippen LogP contribution in [0.3, 0.4) is 0 Å². The third-order valence-corrected chi connectivity index (χ3v) is 4.21. The number of aryl methyl sites for hydroxylation is 2. The van der Waals surface area contributed by atoms with E-state index in [1.54, 1.807) is 12.1 Å². The quantitative estimate of drug-likeness (QED) is 0.892. The summed E-state index contributed by atoms with van der Waals surface area (Å²) in [5.41, 5.74) is 2.68. The maximum Gasteiger partial charge on any atom is 0.330 e. The van der Waals surface area contributed by atoms with Crippen LogP contribution in [-0.2, 0) is 16.0 Å². The van der Waals surface area contributed by atoms with Crippen molar-refractivity contribution in [1.82, 2.24) is 5.32 Å². The van der Waals surface area contributed by atoms with Gasteiger partial charge in [-0.05, 0) is 42.0 Å². The van der Waals surface area contributed by atoms with Crippen LogP contribution in [0, 0.1) is 13.8 Å². The van der Waals surface area contributed by atoms with Gasteiger partial charge in [-0.25, -0.2) is 4.79 Å². The van der Waals surface area contributed by atoms with Crippen molar-refractivity contribution in [3.05, 3.63) is 57.3 Å². The molecule has 110 valence electrons. The zero-order chi connectivity index (χ0) is 15.4. The van der Waals surface area contributed by atoms with Crippen molar-refractivity contribution in [3.8, 4) is 0 Å². The van der Waals surface area contributed by atoms with Crippen LogP contribution in [0.25, 0.3) is 0 Å². The molecule has 0 saturated carbocycles. The Morgan fingerprint density at radius 1 is 1.24 bits per heavy atom. The zero-order valence-electron chi connectivity index (χ0n) is 11.9. The lowest BCUT2D eigenvalue weighted by molar-refractivity contribution is -0.141. The molecule has 0 aliphatic carbocycles. The fourth-order valence-electron chi connectivity index (χ4n) is 2.02. The van der Waals surface area contributed by atoms with Gasteiger partial charge in [0.05, 0.1) is 6.42 Å². The Morgan fingerprint density at radius 3 is 2.57 bits per heavy atom. The molecule has 2 N–H and O–H groups in total. The molecule has 0 aliphatic heterocycles. The van der Waals surface area contributed by atoms with Crippen molar-refractivity contribution in [2.75, 3.05) is 0 Å². The van der Waals surface area contributed by atoms with E-state index in [-0.39, 0.29) is 12.3 Å². The summed E-state index contributed by atoms with van der Waals surface area (Å²) in [4.78, 5) is 24.3. The van der Waals surface area contributed by atoms with Gasteiger partial charge in [-0.2, -0.15) is 0 Å². The van der Waals surface area contributed by atoms with Crippen molar-refractivity contribution in [3.63, 3.8) is 0 Å². The molecule has 0 saturated heterocycles. The lowest BCUT2D eigenvalue weighted by atomic mass is 10.0. The summed E-state index contributed by atoms with van der Waals surface area (Å²) < 4.78 is 0. The Kier molecular flexibility index (Phi) is 4.75. The minimum atomic E-state index is -1.06. The van der Waals surface area contributed by atoms with Crippen LogP contribution in [-0.4, -0.2) is 17.0 Å². The van der Waals surface area contributed by atoms with E-state index in [1.165, 1.54) is 11.3 Å². The number of aliphatic carboxylic acids is 1. The number of rotatable bonds is 5. The van der Waals surface area contributed by atoms with Gasteiger partial charge in [-0.3, -0.25) is 4.79 Å². The Bertz CT molecular complexity index is 650. The summed E-state index contributed by atoms with van der Waals surface area (Å²) >= 11 is 1.48. The molecule has 0 radical (unpaired) electrons. The number of amides is 1. The molecule has 0 spiro atoms. The second kappa shape index (κ2) is 6.54. The van der Waals surface area contributed by atoms with Crippen molar-refractivity contribution in [2.24, 2.45) is 0 Å². The molecule has 4 nitrogen and oxygen atoms in total. The fourth-order valence-corrected chi connectivity index (χ4v) is 2.72. The van der Waals surface area contributed by atoms with E-state index in [9.17, 15) is 14.7 Å². The van der Waals surface area contributed by atoms with Crippen molar-refractivity contribution < 1.29 is 14.7 Å². The highest BCUT2D eigenvalue weighted by atomic mass is 32.1. The number of hydrogen-bond acceptors (Lipinski definition) is 3. The van der Waals surface area contributed by atoms with Crippen LogP contribution in [0.1, 0.15) is 27.6 Å². The number of carboxylic acids is 1. The molecule has 0 bridgehead atoms. The average Bonchev–Trinajstić information content (AvgIpc) is 2.92. The Morgan fingerprint density at radius 2 is 2.00 bits per heavy atom. The van der Waals surface area contributed by atoms with Crippen LogP contribution in [0.5, 0.6) is 0 Å². The highest BCUT2D eigenvalue weighted by Gasteiger charge is 2.22. The zero-order valence-corrected chi connectivity index (χ0v) is 12.7. The first-order valence-electron chi connectivity index (χ1n) is 6.59. The normalized spacial score (nSPS) is 11.9. The van der Waals surface area contributed by atoms with Gasteiger partial charge >= 0.3 is 5.97 Å². The molecule has 1 aromatic carbocycles. The molecule has 2 rings (SSSR count). The van der Waals surface area contributed by atoms with Gasteiger partial charge in [0.15, 0.2) is 6.04 Å². The smallest absolute Gasteiger partial charge is 0.330 e. The van der Waals surface area contributed by atoms with Gasteiger partial charge in [0.25, 0.3) is 0 Å². The predicted molar refractivity (Wildman–Crippen MR) is 82.5 cm³/mol. The lowest BCUT2D eigenvalue weighted by Crippen LogP contribution is -2.34. The molecule has 1 atom stereocenters. The second-order valence-corrected chi connectivity index (χ2v) is 5.97. The van der Waals surface area contributed by atoms with Crippen LogP contribution in [0.4, 0.5) is 0 Å². The van der Waals surface area contributed by atoms with E-state index in [2.05, 4.69) is 5.32 Å². The Hall–Kier alpha value is -2.14. The number of carbonyl (C=O) groups is 2. The molecule has 2 aromatic rings. The van der Waals surface area contributed by atoms with E-state index in [1.807, 2.05) is 37.4 Å². The first kappa shape index (κ1) is 15.3. The summed E-state index contributed by atoms with van der Waals surface area (Å²) in [5.74, 6) is -1.35. The van der Waals surface area contributed by atoms with Gasteiger partial charge < -0.3 is 10.4 Å². The highest BCUT2D eigenvalue weighted by molar-refractivity contribution is 7.10. The summed E-state index contributed by atoms with van der Waals surface area (Å²) in [6.07, 6.45) is 0.201. The number of thiophene rings is 1. The van der Waals surface area contributed by atoms with Gasteiger partial charge in [-0.1, -0.05) is 24.3 Å². The van der Waals surface area contributed by atoms with E-state index < -0.39 is 12.0 Å².